The summed E-state index contributed by atoms with van der Waals surface area (Å²) in [7, 11) is 4.32. The molecule has 1 fully saturated rings. The summed E-state index contributed by atoms with van der Waals surface area (Å²) >= 11 is 0. The third-order valence-electron chi connectivity index (χ3n) is 7.23. The molecule has 0 unspecified atom stereocenters. The van der Waals surface area contributed by atoms with Gasteiger partial charge in [0, 0.05) is 30.3 Å². The van der Waals surface area contributed by atoms with E-state index in [1.54, 1.807) is 12.1 Å². The molecule has 0 atom stereocenters. The molecule has 0 radical (unpaired) electrons. The van der Waals surface area contributed by atoms with Crippen LogP contribution in [0.2, 0.25) is 0 Å². The van der Waals surface area contributed by atoms with Crippen LogP contribution in [0.5, 0.6) is 0 Å². The molecular weight excluding hydrogens is 437 g/mol. The first kappa shape index (κ1) is 23.5. The van der Waals surface area contributed by atoms with Crippen LogP contribution >= 0.6 is 0 Å². The summed E-state index contributed by atoms with van der Waals surface area (Å²) in [4.78, 5) is 14.5. The fourth-order valence-corrected chi connectivity index (χ4v) is 5.14. The summed E-state index contributed by atoms with van der Waals surface area (Å²) in [5.41, 5.74) is 7.20. The number of pyridine rings is 2. The van der Waals surface area contributed by atoms with Crippen LogP contribution in [0.15, 0.2) is 54.9 Å². The van der Waals surface area contributed by atoms with E-state index in [0.717, 1.165) is 84.4 Å². The Hall–Kier alpha value is -3.25. The van der Waals surface area contributed by atoms with Gasteiger partial charge >= 0.3 is 0 Å². The quantitative estimate of drug-likeness (QED) is 0.524. The zero-order chi connectivity index (χ0) is 24.4. The van der Waals surface area contributed by atoms with E-state index in [9.17, 15) is 4.39 Å². The number of hydrogen-bond donors (Lipinski definition) is 1. The molecule has 2 aliphatic rings. The highest BCUT2D eigenvalue weighted by Crippen LogP contribution is 2.32. The van der Waals surface area contributed by atoms with Crippen molar-refractivity contribution in [2.75, 3.05) is 32.1 Å². The molecule has 5 nitrogen and oxygen atoms in total. The molecule has 1 aromatic carbocycles. The zero-order valence-corrected chi connectivity index (χ0v) is 20.9. The summed E-state index contributed by atoms with van der Waals surface area (Å²) in [6.45, 7) is 4.03. The van der Waals surface area contributed by atoms with Gasteiger partial charge in [-0.3, -0.25) is 4.98 Å². The maximum Gasteiger partial charge on any atom is 0.132 e. The first-order chi connectivity index (χ1) is 17.0. The van der Waals surface area contributed by atoms with Crippen LogP contribution < -0.4 is 10.2 Å². The van der Waals surface area contributed by atoms with Crippen molar-refractivity contribution in [3.05, 3.63) is 77.5 Å². The number of hydrogen-bond acceptors (Lipinski definition) is 5. The van der Waals surface area contributed by atoms with E-state index in [-0.39, 0.29) is 5.82 Å². The number of aromatic nitrogens is 2. The SMILES string of the molecule is Cc1ccc(F)c(/C2=C(\c3ccc4ncc(N5CCC(N(C)C)CC5)cc4n3)CCC/C=C\N2)c1. The van der Waals surface area contributed by atoms with Crippen LogP contribution in [0.3, 0.4) is 0 Å². The van der Waals surface area contributed by atoms with Crippen LogP contribution in [-0.2, 0) is 0 Å². The molecule has 4 heterocycles. The van der Waals surface area contributed by atoms with Crippen molar-refractivity contribution in [1.29, 1.82) is 0 Å². The molecule has 3 aromatic rings. The lowest BCUT2D eigenvalue weighted by Gasteiger charge is -2.36. The van der Waals surface area contributed by atoms with E-state index < -0.39 is 0 Å². The lowest BCUT2D eigenvalue weighted by atomic mass is 9.96. The van der Waals surface area contributed by atoms with Gasteiger partial charge in [-0.1, -0.05) is 17.7 Å². The van der Waals surface area contributed by atoms with Gasteiger partial charge in [0.05, 0.1) is 34.3 Å². The molecule has 5 rings (SSSR count). The number of benzene rings is 1. The second kappa shape index (κ2) is 10.2. The molecule has 0 spiro atoms. The van der Waals surface area contributed by atoms with Crippen molar-refractivity contribution in [3.8, 4) is 0 Å². The lowest BCUT2D eigenvalue weighted by molar-refractivity contribution is 0.249. The van der Waals surface area contributed by atoms with E-state index >= 15 is 0 Å². The Morgan fingerprint density at radius 2 is 1.89 bits per heavy atom. The number of nitrogens with one attached hydrogen (secondary N) is 1. The minimum absolute atomic E-state index is 0.226. The summed E-state index contributed by atoms with van der Waals surface area (Å²) < 4.78 is 14.9. The van der Waals surface area contributed by atoms with Crippen LogP contribution in [0, 0.1) is 12.7 Å². The summed E-state index contributed by atoms with van der Waals surface area (Å²) in [5, 5.41) is 3.37. The van der Waals surface area contributed by atoms with Gasteiger partial charge < -0.3 is 15.1 Å². The predicted octanol–water partition coefficient (Wildman–Crippen LogP) is 5.76. The maximum atomic E-state index is 14.9. The van der Waals surface area contributed by atoms with Gasteiger partial charge in [-0.05, 0) is 89.7 Å². The minimum atomic E-state index is -0.226. The van der Waals surface area contributed by atoms with Crippen LogP contribution in [-0.4, -0.2) is 48.1 Å². The highest BCUT2D eigenvalue weighted by molar-refractivity contribution is 5.91. The number of halogens is 1. The van der Waals surface area contributed by atoms with Gasteiger partial charge in [-0.15, -0.1) is 0 Å². The molecule has 35 heavy (non-hydrogen) atoms. The van der Waals surface area contributed by atoms with E-state index in [2.05, 4.69) is 41.4 Å². The standard InChI is InChI=1S/C29H34FN5/c1-20-8-9-25(30)24(17-20)29-23(7-5-4-6-14-31-29)26-10-11-27-28(33-26)18-22(19-32-27)35-15-12-21(13-16-35)34(2)3/h6,8-11,14,17-19,21,31H,4-5,7,12-13,15-16H2,1-3H3/b14-6-,29-23+. The number of rotatable bonds is 4. The highest BCUT2D eigenvalue weighted by Gasteiger charge is 2.22. The number of fused-ring (bicyclic) bond motifs is 1. The summed E-state index contributed by atoms with van der Waals surface area (Å²) in [6.07, 6.45) is 11.1. The van der Waals surface area contributed by atoms with Crippen LogP contribution in [0.4, 0.5) is 10.1 Å². The maximum absolute atomic E-state index is 14.9. The van der Waals surface area contributed by atoms with Crippen molar-refractivity contribution < 1.29 is 4.39 Å². The molecule has 1 N–H and O–H groups in total. The van der Waals surface area contributed by atoms with Gasteiger partial charge in [0.1, 0.15) is 5.82 Å². The van der Waals surface area contributed by atoms with E-state index in [1.165, 1.54) is 0 Å². The molecule has 0 saturated carbocycles. The van der Waals surface area contributed by atoms with Gasteiger partial charge in [0.2, 0.25) is 0 Å². The number of allylic oxidation sites excluding steroid dienone is 2. The third-order valence-corrected chi connectivity index (χ3v) is 7.23. The normalized spacial score (nSPS) is 20.5. The largest absolute Gasteiger partial charge is 0.370 e. The van der Waals surface area contributed by atoms with Crippen molar-refractivity contribution in [2.24, 2.45) is 0 Å². The van der Waals surface area contributed by atoms with Crippen molar-refractivity contribution in [2.45, 2.75) is 45.1 Å². The van der Waals surface area contributed by atoms with E-state index in [4.69, 9.17) is 9.97 Å². The van der Waals surface area contributed by atoms with Crippen molar-refractivity contribution in [1.82, 2.24) is 20.2 Å². The molecule has 0 amide bonds. The van der Waals surface area contributed by atoms with E-state index in [1.807, 2.05) is 37.5 Å². The number of aryl methyl sites for hydroxylation is 1. The first-order valence-corrected chi connectivity index (χ1v) is 12.6. The second-order valence-corrected chi connectivity index (χ2v) is 9.89. The van der Waals surface area contributed by atoms with Crippen molar-refractivity contribution in [3.63, 3.8) is 0 Å². The average molecular weight is 472 g/mol. The summed E-state index contributed by atoms with van der Waals surface area (Å²) in [6, 6.07) is 12.1. The smallest absolute Gasteiger partial charge is 0.132 e. The van der Waals surface area contributed by atoms with Gasteiger partial charge in [0.15, 0.2) is 0 Å². The Morgan fingerprint density at radius 1 is 1.06 bits per heavy atom. The predicted molar refractivity (Wildman–Crippen MR) is 143 cm³/mol. The monoisotopic (exact) mass is 471 g/mol. The lowest BCUT2D eigenvalue weighted by Crippen LogP contribution is -2.42. The Kier molecular flexibility index (Phi) is 6.82. The van der Waals surface area contributed by atoms with Crippen LogP contribution in [0.1, 0.15) is 48.9 Å². The second-order valence-electron chi connectivity index (χ2n) is 9.89. The van der Waals surface area contributed by atoms with Crippen molar-refractivity contribution >= 4 is 28.0 Å². The van der Waals surface area contributed by atoms with Gasteiger partial charge in [-0.2, -0.15) is 0 Å². The average Bonchev–Trinajstić information content (AvgIpc) is 2.85. The van der Waals surface area contributed by atoms with Crippen LogP contribution in [0.25, 0.3) is 22.3 Å². The number of anilines is 1. The number of piperidine rings is 1. The Balaban J connectivity index is 1.54. The van der Waals surface area contributed by atoms with E-state index in [0.29, 0.717) is 11.6 Å². The molecule has 0 aliphatic carbocycles. The Labute approximate surface area is 207 Å². The summed E-state index contributed by atoms with van der Waals surface area (Å²) in [5.74, 6) is -0.226. The molecule has 2 aromatic heterocycles. The molecular formula is C29H34FN5. The zero-order valence-electron chi connectivity index (χ0n) is 20.9. The molecule has 182 valence electrons. The molecule has 2 aliphatic heterocycles. The molecule has 0 bridgehead atoms. The minimum Gasteiger partial charge on any atom is -0.370 e. The fraction of sp³-hybridized carbons (Fsp3) is 0.379. The topological polar surface area (TPSA) is 44.3 Å². The fourth-order valence-electron chi connectivity index (χ4n) is 5.14. The Morgan fingerprint density at radius 3 is 2.69 bits per heavy atom. The molecule has 1 saturated heterocycles. The highest BCUT2D eigenvalue weighted by atomic mass is 19.1. The molecule has 6 heteroatoms. The Bertz CT molecular complexity index is 1270. The first-order valence-electron chi connectivity index (χ1n) is 12.6. The third kappa shape index (κ3) is 5.08. The van der Waals surface area contributed by atoms with Gasteiger partial charge in [-0.25, -0.2) is 9.37 Å². The van der Waals surface area contributed by atoms with Gasteiger partial charge in [0.25, 0.3) is 0 Å². The number of nitrogens with zero attached hydrogens (tertiary/aromatic N) is 4.